The van der Waals surface area contributed by atoms with E-state index < -0.39 is 18.0 Å². The van der Waals surface area contributed by atoms with E-state index in [4.69, 9.17) is 5.11 Å². The van der Waals surface area contributed by atoms with Crippen LogP contribution in [-0.2, 0) is 4.79 Å². The molecule has 5 nitrogen and oxygen atoms in total. The number of aliphatic carboxylic acids is 1. The second-order valence-corrected chi connectivity index (χ2v) is 3.53. The number of hydrogen-bond acceptors (Lipinski definition) is 2. The Morgan fingerprint density at radius 1 is 1.62 bits per heavy atom. The van der Waals surface area contributed by atoms with Gasteiger partial charge in [-0.05, 0) is 6.92 Å². The lowest BCUT2D eigenvalue weighted by atomic mass is 10.3. The molecule has 0 heterocycles. The Morgan fingerprint density at radius 2 is 2.15 bits per heavy atom. The number of carbonyl (C=O) groups is 2. The topological polar surface area (TPSA) is 78.4 Å². The van der Waals surface area contributed by atoms with Crippen LogP contribution in [0.1, 0.15) is 6.92 Å². The molecule has 0 aromatic rings. The molecule has 0 fully saturated rings. The Bertz CT molecular complexity index is 230. The summed E-state index contributed by atoms with van der Waals surface area (Å²) < 4.78 is 0.616. The minimum Gasteiger partial charge on any atom is -0.480 e. The van der Waals surface area contributed by atoms with Crippen LogP contribution in [0.4, 0.5) is 4.79 Å². The molecule has 0 aromatic carbocycles. The first-order chi connectivity index (χ1) is 5.93. The number of carbonyl (C=O) groups excluding carboxylic acids is 1. The molecular formula is C7H11BrN2O3. The number of halogens is 1. The SMILES string of the molecule is C=C(Br)CNC(=O)N[C@H](C)C(=O)O. The quantitative estimate of drug-likeness (QED) is 0.687. The molecule has 13 heavy (non-hydrogen) atoms. The van der Waals surface area contributed by atoms with Gasteiger partial charge in [0.1, 0.15) is 6.04 Å². The Kier molecular flexibility index (Phi) is 5.13. The molecule has 74 valence electrons. The molecular weight excluding hydrogens is 240 g/mol. The Labute approximate surface area is 84.3 Å². The predicted molar refractivity (Wildman–Crippen MR) is 51.7 cm³/mol. The van der Waals surface area contributed by atoms with Gasteiger partial charge >= 0.3 is 12.0 Å². The summed E-state index contributed by atoms with van der Waals surface area (Å²) in [5, 5.41) is 13.1. The van der Waals surface area contributed by atoms with Crippen LogP contribution < -0.4 is 10.6 Å². The fraction of sp³-hybridized carbons (Fsp3) is 0.429. The molecule has 0 saturated carbocycles. The van der Waals surface area contributed by atoms with Crippen LogP contribution >= 0.6 is 15.9 Å². The molecule has 0 rings (SSSR count). The van der Waals surface area contributed by atoms with Crippen LogP contribution in [0.3, 0.4) is 0 Å². The molecule has 0 aliphatic rings. The predicted octanol–water partition coefficient (Wildman–Crippen LogP) is 0.667. The van der Waals surface area contributed by atoms with Gasteiger partial charge in [-0.3, -0.25) is 4.79 Å². The van der Waals surface area contributed by atoms with Crippen molar-refractivity contribution in [2.75, 3.05) is 6.54 Å². The minimum absolute atomic E-state index is 0.262. The maximum absolute atomic E-state index is 10.9. The molecule has 0 spiro atoms. The van der Waals surface area contributed by atoms with E-state index in [0.29, 0.717) is 4.48 Å². The fourth-order valence-corrected chi connectivity index (χ4v) is 0.626. The lowest BCUT2D eigenvalue weighted by Crippen LogP contribution is -2.44. The first-order valence-electron chi connectivity index (χ1n) is 3.54. The Hall–Kier alpha value is -1.04. The highest BCUT2D eigenvalue weighted by molar-refractivity contribution is 9.11. The summed E-state index contributed by atoms with van der Waals surface area (Å²) in [6.45, 7) is 5.14. The number of urea groups is 1. The van der Waals surface area contributed by atoms with E-state index in [1.54, 1.807) is 0 Å². The van der Waals surface area contributed by atoms with Gasteiger partial charge in [0.15, 0.2) is 0 Å². The van der Waals surface area contributed by atoms with E-state index in [1.165, 1.54) is 6.92 Å². The number of hydrogen-bond donors (Lipinski definition) is 3. The molecule has 0 bridgehead atoms. The van der Waals surface area contributed by atoms with Gasteiger partial charge in [-0.15, -0.1) is 0 Å². The van der Waals surface area contributed by atoms with Gasteiger partial charge < -0.3 is 15.7 Å². The van der Waals surface area contributed by atoms with Crippen LogP contribution in [-0.4, -0.2) is 29.7 Å². The lowest BCUT2D eigenvalue weighted by molar-refractivity contribution is -0.138. The Morgan fingerprint density at radius 3 is 2.54 bits per heavy atom. The summed E-state index contributed by atoms with van der Waals surface area (Å²) in [5.74, 6) is -1.08. The van der Waals surface area contributed by atoms with Gasteiger partial charge in [0.05, 0.1) is 6.54 Å². The third-order valence-corrected chi connectivity index (χ3v) is 1.44. The third-order valence-electron chi connectivity index (χ3n) is 1.16. The van der Waals surface area contributed by atoms with Gasteiger partial charge in [-0.1, -0.05) is 22.5 Å². The highest BCUT2D eigenvalue weighted by Gasteiger charge is 2.12. The van der Waals surface area contributed by atoms with E-state index in [2.05, 4.69) is 33.1 Å². The van der Waals surface area contributed by atoms with Crippen molar-refractivity contribution < 1.29 is 14.7 Å². The van der Waals surface area contributed by atoms with Crippen molar-refractivity contribution >= 4 is 27.9 Å². The molecule has 2 amide bonds. The molecule has 1 atom stereocenters. The van der Waals surface area contributed by atoms with Crippen LogP contribution in [0.2, 0.25) is 0 Å². The van der Waals surface area contributed by atoms with Crippen LogP contribution in [0, 0.1) is 0 Å². The zero-order chi connectivity index (χ0) is 10.4. The summed E-state index contributed by atoms with van der Waals surface area (Å²) in [5.41, 5.74) is 0. The maximum Gasteiger partial charge on any atom is 0.325 e. The molecule has 0 aromatic heterocycles. The largest absolute Gasteiger partial charge is 0.480 e. The van der Waals surface area contributed by atoms with Gasteiger partial charge in [0, 0.05) is 4.48 Å². The smallest absolute Gasteiger partial charge is 0.325 e. The van der Waals surface area contributed by atoms with Crippen molar-refractivity contribution in [2.45, 2.75) is 13.0 Å². The maximum atomic E-state index is 10.9. The monoisotopic (exact) mass is 250 g/mol. The van der Waals surface area contributed by atoms with E-state index in [9.17, 15) is 9.59 Å². The average Bonchev–Trinajstić information content (AvgIpc) is 2.00. The molecule has 0 saturated heterocycles. The molecule has 3 N–H and O–H groups in total. The summed E-state index contributed by atoms with van der Waals surface area (Å²) in [4.78, 5) is 21.2. The van der Waals surface area contributed by atoms with E-state index >= 15 is 0 Å². The zero-order valence-electron chi connectivity index (χ0n) is 7.13. The second-order valence-electron chi connectivity index (χ2n) is 2.40. The fourth-order valence-electron chi connectivity index (χ4n) is 0.486. The van der Waals surface area contributed by atoms with E-state index in [1.807, 2.05) is 0 Å². The number of rotatable bonds is 4. The van der Waals surface area contributed by atoms with Gasteiger partial charge in [-0.2, -0.15) is 0 Å². The zero-order valence-corrected chi connectivity index (χ0v) is 8.72. The number of carboxylic acid groups (broad SMARTS) is 1. The molecule has 0 aliphatic heterocycles. The standard InChI is InChI=1S/C7H11BrN2O3/c1-4(8)3-9-7(13)10-5(2)6(11)12/h5H,1,3H2,2H3,(H,11,12)(H2,9,10,13)/t5-/m1/s1. The second kappa shape index (κ2) is 5.58. The molecule has 0 aliphatic carbocycles. The highest BCUT2D eigenvalue weighted by Crippen LogP contribution is 1.96. The third kappa shape index (κ3) is 6.15. The first-order valence-corrected chi connectivity index (χ1v) is 4.33. The summed E-state index contributed by atoms with van der Waals surface area (Å²) in [6.07, 6.45) is 0. The van der Waals surface area contributed by atoms with Gasteiger partial charge in [0.2, 0.25) is 0 Å². The highest BCUT2D eigenvalue weighted by atomic mass is 79.9. The summed E-state index contributed by atoms with van der Waals surface area (Å²) in [7, 11) is 0. The number of carboxylic acids is 1. The lowest BCUT2D eigenvalue weighted by Gasteiger charge is -2.09. The number of nitrogens with one attached hydrogen (secondary N) is 2. The van der Waals surface area contributed by atoms with Crippen molar-refractivity contribution in [3.05, 3.63) is 11.1 Å². The average molecular weight is 251 g/mol. The van der Waals surface area contributed by atoms with E-state index in [-0.39, 0.29) is 6.54 Å². The van der Waals surface area contributed by atoms with Crippen LogP contribution in [0.5, 0.6) is 0 Å². The van der Waals surface area contributed by atoms with Gasteiger partial charge in [0.25, 0.3) is 0 Å². The van der Waals surface area contributed by atoms with E-state index in [0.717, 1.165) is 0 Å². The first kappa shape index (κ1) is 12.0. The summed E-state index contributed by atoms with van der Waals surface area (Å²) >= 11 is 3.04. The van der Waals surface area contributed by atoms with Crippen molar-refractivity contribution in [3.8, 4) is 0 Å². The molecule has 0 radical (unpaired) electrons. The minimum atomic E-state index is -1.08. The van der Waals surface area contributed by atoms with Crippen LogP contribution in [0.25, 0.3) is 0 Å². The normalized spacial score (nSPS) is 11.5. The Balaban J connectivity index is 3.74. The van der Waals surface area contributed by atoms with Crippen molar-refractivity contribution in [2.24, 2.45) is 0 Å². The van der Waals surface area contributed by atoms with Crippen molar-refractivity contribution in [1.29, 1.82) is 0 Å². The van der Waals surface area contributed by atoms with Crippen molar-refractivity contribution in [3.63, 3.8) is 0 Å². The summed E-state index contributed by atoms with van der Waals surface area (Å²) in [6, 6.07) is -1.43. The van der Waals surface area contributed by atoms with Crippen molar-refractivity contribution in [1.82, 2.24) is 10.6 Å². The molecule has 6 heteroatoms. The molecule has 0 unspecified atom stereocenters. The van der Waals surface area contributed by atoms with Gasteiger partial charge in [-0.25, -0.2) is 4.79 Å². The number of amides is 2. The van der Waals surface area contributed by atoms with Crippen LogP contribution in [0.15, 0.2) is 11.1 Å².